The summed E-state index contributed by atoms with van der Waals surface area (Å²) in [5, 5.41) is 13.7. The van der Waals surface area contributed by atoms with Gasteiger partial charge in [0.25, 0.3) is 0 Å². The molecule has 0 aliphatic rings. The van der Waals surface area contributed by atoms with Crippen LogP contribution >= 0.6 is 0 Å². The molecular weight excluding hydrogens is 318 g/mol. The quantitative estimate of drug-likeness (QED) is 0.741. The average Bonchev–Trinajstić information content (AvgIpc) is 2.81. The number of fused-ring (bicyclic) bond motifs is 1. The number of hydrogen-bond donors (Lipinski definition) is 0. The van der Waals surface area contributed by atoms with Crippen LogP contribution in [0.15, 0.2) is 17.2 Å². The molecule has 2 heterocycles. The van der Waals surface area contributed by atoms with Gasteiger partial charge in [-0.25, -0.2) is 13.4 Å². The van der Waals surface area contributed by atoms with Gasteiger partial charge in [-0.05, 0) is 13.0 Å². The molecule has 0 atom stereocenters. The van der Waals surface area contributed by atoms with Crippen molar-refractivity contribution in [2.24, 2.45) is 7.05 Å². The van der Waals surface area contributed by atoms with Crippen LogP contribution < -0.4 is 0 Å². The maximum absolute atomic E-state index is 12.8. The second-order valence-electron chi connectivity index (χ2n) is 5.06. The Bertz CT molecular complexity index is 838. The van der Waals surface area contributed by atoms with Crippen molar-refractivity contribution < 1.29 is 13.2 Å². The SMILES string of the molecule is COCCN(CCC#N)S(=O)(=O)c1cnc2c(c1)c(C)nn2C. The Morgan fingerprint density at radius 1 is 1.43 bits per heavy atom. The Morgan fingerprint density at radius 3 is 2.83 bits per heavy atom. The molecular formula is C14H19N5O3S. The van der Waals surface area contributed by atoms with Crippen LogP contribution in [0.1, 0.15) is 12.1 Å². The van der Waals surface area contributed by atoms with Crippen molar-refractivity contribution >= 4 is 21.1 Å². The lowest BCUT2D eigenvalue weighted by atomic mass is 10.3. The van der Waals surface area contributed by atoms with Crippen LogP contribution in [-0.2, 0) is 21.8 Å². The number of nitrogens with zero attached hydrogens (tertiary/aromatic N) is 5. The molecule has 0 aliphatic heterocycles. The van der Waals surface area contributed by atoms with Crippen LogP contribution in [0.4, 0.5) is 0 Å². The number of aryl methyl sites for hydroxylation is 2. The van der Waals surface area contributed by atoms with Crippen LogP contribution in [0.2, 0.25) is 0 Å². The predicted octanol–water partition coefficient (Wildman–Crippen LogP) is 0.828. The van der Waals surface area contributed by atoms with Gasteiger partial charge < -0.3 is 4.74 Å². The fourth-order valence-electron chi connectivity index (χ4n) is 2.30. The van der Waals surface area contributed by atoms with E-state index in [4.69, 9.17) is 10.00 Å². The van der Waals surface area contributed by atoms with Crippen molar-refractivity contribution in [1.29, 1.82) is 5.26 Å². The molecule has 2 rings (SSSR count). The lowest BCUT2D eigenvalue weighted by Gasteiger charge is -2.20. The minimum Gasteiger partial charge on any atom is -0.383 e. The van der Waals surface area contributed by atoms with Crippen molar-refractivity contribution in [2.75, 3.05) is 26.8 Å². The molecule has 8 nitrogen and oxygen atoms in total. The monoisotopic (exact) mass is 337 g/mol. The van der Waals surface area contributed by atoms with Gasteiger partial charge in [-0.2, -0.15) is 14.7 Å². The van der Waals surface area contributed by atoms with Gasteiger partial charge in [-0.1, -0.05) is 0 Å². The summed E-state index contributed by atoms with van der Waals surface area (Å²) in [5.41, 5.74) is 1.34. The summed E-state index contributed by atoms with van der Waals surface area (Å²) >= 11 is 0. The number of ether oxygens (including phenoxy) is 1. The number of hydrogen-bond acceptors (Lipinski definition) is 6. The Morgan fingerprint density at radius 2 is 2.17 bits per heavy atom. The zero-order valence-corrected chi connectivity index (χ0v) is 14.2. The molecule has 0 amide bonds. The zero-order valence-electron chi connectivity index (χ0n) is 13.4. The molecule has 0 N–H and O–H groups in total. The fourth-order valence-corrected chi connectivity index (χ4v) is 3.70. The summed E-state index contributed by atoms with van der Waals surface area (Å²) in [7, 11) is -0.482. The number of sulfonamides is 1. The molecule has 23 heavy (non-hydrogen) atoms. The van der Waals surface area contributed by atoms with Crippen molar-refractivity contribution in [2.45, 2.75) is 18.2 Å². The number of aromatic nitrogens is 3. The first kappa shape index (κ1) is 17.3. The van der Waals surface area contributed by atoms with E-state index in [9.17, 15) is 8.42 Å². The topological polar surface area (TPSA) is 101 Å². The molecule has 0 saturated carbocycles. The van der Waals surface area contributed by atoms with Crippen molar-refractivity contribution in [3.05, 3.63) is 18.0 Å². The second-order valence-corrected chi connectivity index (χ2v) is 6.99. The maximum Gasteiger partial charge on any atom is 0.244 e. The lowest BCUT2D eigenvalue weighted by Crippen LogP contribution is -2.34. The standard InChI is InChI=1S/C14H19N5O3S/c1-11-13-9-12(10-16-14(13)18(2)17-11)23(20,21)19(6-4-5-15)7-8-22-3/h9-10H,4,6-8H2,1-3H3. The van der Waals surface area contributed by atoms with Crippen molar-refractivity contribution in [3.8, 4) is 6.07 Å². The third-order valence-electron chi connectivity index (χ3n) is 3.49. The van der Waals surface area contributed by atoms with Gasteiger partial charge in [-0.15, -0.1) is 0 Å². The number of rotatable bonds is 7. The van der Waals surface area contributed by atoms with E-state index in [1.165, 1.54) is 17.6 Å². The summed E-state index contributed by atoms with van der Waals surface area (Å²) in [6, 6.07) is 3.54. The maximum atomic E-state index is 12.8. The van der Waals surface area contributed by atoms with Crippen LogP contribution in [0.25, 0.3) is 11.0 Å². The molecule has 0 aliphatic carbocycles. The minimum atomic E-state index is -3.74. The van der Waals surface area contributed by atoms with Gasteiger partial charge >= 0.3 is 0 Å². The summed E-state index contributed by atoms with van der Waals surface area (Å²) < 4.78 is 33.4. The Labute approximate surface area is 135 Å². The van der Waals surface area contributed by atoms with E-state index in [2.05, 4.69) is 10.1 Å². The first-order valence-corrected chi connectivity index (χ1v) is 8.51. The molecule has 0 spiro atoms. The Balaban J connectivity index is 2.43. The highest BCUT2D eigenvalue weighted by Crippen LogP contribution is 2.22. The van der Waals surface area contributed by atoms with E-state index in [1.807, 2.05) is 6.07 Å². The second kappa shape index (κ2) is 7.04. The van der Waals surface area contributed by atoms with E-state index in [0.717, 1.165) is 0 Å². The van der Waals surface area contributed by atoms with E-state index >= 15 is 0 Å². The van der Waals surface area contributed by atoms with Crippen molar-refractivity contribution in [1.82, 2.24) is 19.1 Å². The summed E-state index contributed by atoms with van der Waals surface area (Å²) in [4.78, 5) is 4.30. The fraction of sp³-hybridized carbons (Fsp3) is 0.500. The van der Waals surface area contributed by atoms with Gasteiger partial charge in [-0.3, -0.25) is 4.68 Å². The van der Waals surface area contributed by atoms with Crippen LogP contribution in [0.3, 0.4) is 0 Å². The molecule has 0 bridgehead atoms. The molecule has 9 heteroatoms. The minimum absolute atomic E-state index is 0.0927. The summed E-state index contributed by atoms with van der Waals surface area (Å²) in [6.07, 6.45) is 1.44. The van der Waals surface area contributed by atoms with Crippen LogP contribution in [0, 0.1) is 18.3 Å². The molecule has 2 aromatic heterocycles. The number of methoxy groups -OCH3 is 1. The molecule has 0 saturated heterocycles. The molecule has 0 fully saturated rings. The lowest BCUT2D eigenvalue weighted by molar-refractivity contribution is 0.179. The van der Waals surface area contributed by atoms with E-state index in [0.29, 0.717) is 16.7 Å². The van der Waals surface area contributed by atoms with Crippen LogP contribution in [0.5, 0.6) is 0 Å². The highest BCUT2D eigenvalue weighted by Gasteiger charge is 2.25. The zero-order chi connectivity index (χ0) is 17.0. The first-order valence-electron chi connectivity index (χ1n) is 7.07. The summed E-state index contributed by atoms with van der Waals surface area (Å²) in [6.45, 7) is 2.36. The first-order chi connectivity index (χ1) is 10.9. The van der Waals surface area contributed by atoms with Gasteiger partial charge in [0, 0.05) is 45.3 Å². The highest BCUT2D eigenvalue weighted by molar-refractivity contribution is 7.89. The normalized spacial score (nSPS) is 12.0. The van der Waals surface area contributed by atoms with E-state index in [-0.39, 0.29) is 31.0 Å². The average molecular weight is 337 g/mol. The third-order valence-corrected chi connectivity index (χ3v) is 5.36. The number of nitriles is 1. The molecule has 0 aromatic carbocycles. The van der Waals surface area contributed by atoms with Gasteiger partial charge in [0.05, 0.1) is 18.4 Å². The van der Waals surface area contributed by atoms with E-state index < -0.39 is 10.0 Å². The largest absolute Gasteiger partial charge is 0.383 e. The molecule has 0 radical (unpaired) electrons. The summed E-state index contributed by atoms with van der Waals surface area (Å²) in [5.74, 6) is 0. The Hall–Kier alpha value is -2.02. The van der Waals surface area contributed by atoms with E-state index in [1.54, 1.807) is 24.7 Å². The van der Waals surface area contributed by atoms with Crippen LogP contribution in [-0.4, -0.2) is 54.3 Å². The smallest absolute Gasteiger partial charge is 0.244 e. The van der Waals surface area contributed by atoms with Gasteiger partial charge in [0.15, 0.2) is 5.65 Å². The van der Waals surface area contributed by atoms with Gasteiger partial charge in [0.1, 0.15) is 4.90 Å². The third kappa shape index (κ3) is 3.50. The predicted molar refractivity (Wildman–Crippen MR) is 84.1 cm³/mol. The molecule has 124 valence electrons. The van der Waals surface area contributed by atoms with Crippen molar-refractivity contribution in [3.63, 3.8) is 0 Å². The Kier molecular flexibility index (Phi) is 5.30. The molecule has 0 unspecified atom stereocenters. The molecule has 2 aromatic rings. The number of pyridine rings is 1. The van der Waals surface area contributed by atoms with Gasteiger partial charge in [0.2, 0.25) is 10.0 Å². The highest BCUT2D eigenvalue weighted by atomic mass is 32.2.